The van der Waals surface area contributed by atoms with Crippen LogP contribution in [0.15, 0.2) is 25.3 Å². The molecule has 6 heteroatoms. The first kappa shape index (κ1) is 15.1. The van der Waals surface area contributed by atoms with E-state index in [4.69, 9.17) is 0 Å². The maximum absolute atomic E-state index is 10.6. The molecule has 0 N–H and O–H groups in total. The summed E-state index contributed by atoms with van der Waals surface area (Å²) in [4.78, 5) is 10.6. The Bertz CT molecular complexity index is 166. The molecule has 0 unspecified atom stereocenters. The second-order valence-electron chi connectivity index (χ2n) is 1.62. The van der Waals surface area contributed by atoms with Crippen molar-refractivity contribution in [2.45, 2.75) is 0 Å². The van der Waals surface area contributed by atoms with E-state index in [0.29, 0.717) is 0 Å². The van der Waals surface area contributed by atoms with Crippen LogP contribution in [0.25, 0.3) is 0 Å². The van der Waals surface area contributed by atoms with Gasteiger partial charge in [0.25, 0.3) is 7.82 Å². The second kappa shape index (κ2) is 8.20. The van der Waals surface area contributed by atoms with Crippen molar-refractivity contribution in [2.24, 2.45) is 0 Å². The molecule has 0 bridgehead atoms. The Kier molecular flexibility index (Phi) is 10.3. The van der Waals surface area contributed by atoms with Gasteiger partial charge in [0.15, 0.2) is 0 Å². The molecule has 0 aliphatic rings. The first-order valence-electron chi connectivity index (χ1n) is 2.94. The Balaban J connectivity index is 0. The number of phosphoric ester groups is 1. The molecule has 0 amide bonds. The summed E-state index contributed by atoms with van der Waals surface area (Å²) in [6.45, 7) is 6.42. The zero-order chi connectivity index (χ0) is 8.74. The Labute approximate surface area is 94.2 Å². The van der Waals surface area contributed by atoms with Gasteiger partial charge in [-0.15, -0.1) is 13.2 Å². The largest absolute Gasteiger partial charge is 1.00 e. The molecular weight excluding hydrogens is 190 g/mol. The van der Waals surface area contributed by atoms with Gasteiger partial charge in [0, 0.05) is 0 Å². The minimum atomic E-state index is -4.12. The van der Waals surface area contributed by atoms with Crippen LogP contribution in [-0.2, 0) is 13.6 Å². The van der Waals surface area contributed by atoms with Gasteiger partial charge in [-0.2, -0.15) is 0 Å². The van der Waals surface area contributed by atoms with Gasteiger partial charge in [-0.05, 0) is 0 Å². The first-order valence-corrected chi connectivity index (χ1v) is 4.40. The second-order valence-corrected chi connectivity index (χ2v) is 3.03. The summed E-state index contributed by atoms with van der Waals surface area (Å²) >= 11 is 0. The van der Waals surface area contributed by atoms with Crippen LogP contribution < -0.4 is 34.5 Å². The molecule has 4 nitrogen and oxygen atoms in total. The molecule has 12 heavy (non-hydrogen) atoms. The van der Waals surface area contributed by atoms with E-state index < -0.39 is 7.82 Å². The van der Waals surface area contributed by atoms with Crippen molar-refractivity contribution in [2.75, 3.05) is 13.2 Å². The molecule has 0 radical (unpaired) electrons. The quantitative estimate of drug-likeness (QED) is 0.279. The number of hydrogen-bond donors (Lipinski definition) is 0. The van der Waals surface area contributed by atoms with Crippen LogP contribution in [0.1, 0.15) is 0 Å². The summed E-state index contributed by atoms with van der Waals surface area (Å²) < 4.78 is 19.2. The SMILES string of the molecule is C=CCOP(=O)([O-])OCC=C.[Na+]. The van der Waals surface area contributed by atoms with Crippen LogP contribution in [0.4, 0.5) is 0 Å². The molecule has 0 aliphatic heterocycles. The van der Waals surface area contributed by atoms with Gasteiger partial charge in [-0.3, -0.25) is 4.57 Å². The molecule has 0 fully saturated rings. The van der Waals surface area contributed by atoms with E-state index >= 15 is 0 Å². The van der Waals surface area contributed by atoms with Gasteiger partial charge in [0.05, 0.1) is 13.2 Å². The van der Waals surface area contributed by atoms with E-state index in [1.54, 1.807) is 0 Å². The third-order valence-corrected chi connectivity index (χ3v) is 1.63. The van der Waals surface area contributed by atoms with Crippen molar-refractivity contribution in [3.63, 3.8) is 0 Å². The van der Waals surface area contributed by atoms with E-state index in [-0.39, 0.29) is 42.8 Å². The van der Waals surface area contributed by atoms with Crippen LogP contribution in [0, 0.1) is 0 Å². The number of hydrogen-bond acceptors (Lipinski definition) is 4. The predicted octanol–water partition coefficient (Wildman–Crippen LogP) is -2.14. The molecule has 0 aromatic heterocycles. The van der Waals surface area contributed by atoms with Crippen molar-refractivity contribution in [1.29, 1.82) is 0 Å². The molecular formula is C6H10NaO4P. The molecule has 0 atom stereocenters. The van der Waals surface area contributed by atoms with Gasteiger partial charge < -0.3 is 13.9 Å². The van der Waals surface area contributed by atoms with Gasteiger partial charge in [0.1, 0.15) is 0 Å². The minimum Gasteiger partial charge on any atom is -0.756 e. The van der Waals surface area contributed by atoms with Crippen molar-refractivity contribution in [3.05, 3.63) is 25.3 Å². The van der Waals surface area contributed by atoms with Crippen LogP contribution in [0.2, 0.25) is 0 Å². The molecule has 0 saturated heterocycles. The van der Waals surface area contributed by atoms with Crippen molar-refractivity contribution in [1.82, 2.24) is 0 Å². The van der Waals surface area contributed by atoms with Gasteiger partial charge in [0.2, 0.25) is 0 Å². The van der Waals surface area contributed by atoms with Crippen molar-refractivity contribution in [3.8, 4) is 0 Å². The summed E-state index contributed by atoms with van der Waals surface area (Å²) in [5.41, 5.74) is 0. The van der Waals surface area contributed by atoms with Crippen LogP contribution in [0.5, 0.6) is 0 Å². The fourth-order valence-electron chi connectivity index (χ4n) is 0.325. The Morgan fingerprint density at radius 1 is 1.25 bits per heavy atom. The average Bonchev–Trinajstić information content (AvgIpc) is 1.97. The monoisotopic (exact) mass is 200 g/mol. The molecule has 0 heterocycles. The number of phosphoric acid groups is 1. The van der Waals surface area contributed by atoms with Gasteiger partial charge >= 0.3 is 29.6 Å². The molecule has 0 aromatic carbocycles. The minimum absolute atomic E-state index is 0. The van der Waals surface area contributed by atoms with Crippen LogP contribution in [-0.4, -0.2) is 13.2 Å². The molecule has 0 aliphatic carbocycles. The molecule has 0 saturated carbocycles. The standard InChI is InChI=1S/C6H11O4P.Na/c1-3-5-9-11(7,8)10-6-4-2;/h3-4H,1-2,5-6H2,(H,7,8);/q;+1/p-1. The fraction of sp³-hybridized carbons (Fsp3) is 0.333. The maximum atomic E-state index is 10.6. The van der Waals surface area contributed by atoms with Gasteiger partial charge in [-0.1, -0.05) is 12.2 Å². The van der Waals surface area contributed by atoms with E-state index in [1.165, 1.54) is 12.2 Å². The Morgan fingerprint density at radius 2 is 1.58 bits per heavy atom. The normalized spacial score (nSPS) is 10.1. The molecule has 64 valence electrons. The third-order valence-electron chi connectivity index (χ3n) is 0.701. The van der Waals surface area contributed by atoms with E-state index in [0.717, 1.165) is 0 Å². The summed E-state index contributed by atoms with van der Waals surface area (Å²) in [6.07, 6.45) is 2.64. The third kappa shape index (κ3) is 8.68. The summed E-state index contributed by atoms with van der Waals surface area (Å²) in [5, 5.41) is 0. The Morgan fingerprint density at radius 3 is 1.83 bits per heavy atom. The van der Waals surface area contributed by atoms with Crippen molar-refractivity contribution >= 4 is 7.82 Å². The van der Waals surface area contributed by atoms with Crippen molar-refractivity contribution < 1.29 is 48.1 Å². The zero-order valence-electron chi connectivity index (χ0n) is 7.06. The molecule has 0 aromatic rings. The molecule has 0 spiro atoms. The maximum Gasteiger partial charge on any atom is 1.00 e. The zero-order valence-corrected chi connectivity index (χ0v) is 9.96. The Hall–Kier alpha value is 0.590. The van der Waals surface area contributed by atoms with Crippen LogP contribution in [0.3, 0.4) is 0 Å². The smallest absolute Gasteiger partial charge is 0.756 e. The average molecular weight is 200 g/mol. The van der Waals surface area contributed by atoms with E-state index in [1.807, 2.05) is 0 Å². The summed E-state index contributed by atoms with van der Waals surface area (Å²) in [7, 11) is -4.12. The number of rotatable bonds is 6. The predicted molar refractivity (Wildman–Crippen MR) is 39.9 cm³/mol. The summed E-state index contributed by atoms with van der Waals surface area (Å²) in [5.74, 6) is 0. The molecule has 0 rings (SSSR count). The summed E-state index contributed by atoms with van der Waals surface area (Å²) in [6, 6.07) is 0. The topological polar surface area (TPSA) is 58.6 Å². The fourth-order valence-corrected chi connectivity index (χ4v) is 0.976. The van der Waals surface area contributed by atoms with Crippen LogP contribution >= 0.6 is 7.82 Å². The first-order chi connectivity index (χ1) is 5.12. The van der Waals surface area contributed by atoms with Gasteiger partial charge in [-0.25, -0.2) is 0 Å². The van der Waals surface area contributed by atoms with E-state index in [2.05, 4.69) is 22.2 Å². The van der Waals surface area contributed by atoms with E-state index in [9.17, 15) is 9.46 Å².